The van der Waals surface area contributed by atoms with Gasteiger partial charge < -0.3 is 15.2 Å². The fourth-order valence-corrected chi connectivity index (χ4v) is 1.69. The van der Waals surface area contributed by atoms with Crippen LogP contribution in [0.15, 0.2) is 0 Å². The molecule has 0 spiro atoms. The maximum Gasteiger partial charge on any atom is 0.404 e. The normalized spacial score (nSPS) is 27.0. The number of carboxylic acid groups (broad SMARTS) is 1. The number of nitrogens with one attached hydrogen (secondary N) is 1. The van der Waals surface area contributed by atoms with E-state index in [0.29, 0.717) is 6.42 Å². The molecule has 1 aliphatic heterocycles. The second kappa shape index (κ2) is 4.74. The minimum Gasteiger partial charge on any atom is -0.465 e. The molecular formula is C9H15F2NO3. The molecule has 2 N–H and O–H groups in total. The van der Waals surface area contributed by atoms with E-state index in [1.807, 2.05) is 0 Å². The molecule has 0 bridgehead atoms. The van der Waals surface area contributed by atoms with Crippen LogP contribution in [-0.2, 0) is 4.74 Å². The molecule has 0 aromatic rings. The first-order valence-electron chi connectivity index (χ1n) is 4.93. The summed E-state index contributed by atoms with van der Waals surface area (Å²) in [5.74, 6) is -2.74. The zero-order valence-corrected chi connectivity index (χ0v) is 8.50. The highest BCUT2D eigenvalue weighted by molar-refractivity contribution is 5.64. The molecule has 88 valence electrons. The standard InChI is InChI=1S/C9H15F2NO3/c1-2-6(12-8(13)14)7-5-9(10,11)3-4-15-7/h6-7,12H,2-5H2,1H3,(H,13,14). The SMILES string of the molecule is CCC(NC(=O)O)C1CC(F)(F)CCO1. The maximum atomic E-state index is 13.0. The number of carbonyl (C=O) groups is 1. The number of amides is 1. The van der Waals surface area contributed by atoms with Gasteiger partial charge in [-0.25, -0.2) is 13.6 Å². The van der Waals surface area contributed by atoms with Gasteiger partial charge in [-0.2, -0.15) is 0 Å². The van der Waals surface area contributed by atoms with Crippen LogP contribution in [0.5, 0.6) is 0 Å². The fourth-order valence-electron chi connectivity index (χ4n) is 1.69. The van der Waals surface area contributed by atoms with Crippen molar-refractivity contribution in [2.24, 2.45) is 0 Å². The van der Waals surface area contributed by atoms with Crippen LogP contribution in [0, 0.1) is 0 Å². The molecule has 0 radical (unpaired) electrons. The molecule has 2 atom stereocenters. The summed E-state index contributed by atoms with van der Waals surface area (Å²) < 4.78 is 31.2. The summed E-state index contributed by atoms with van der Waals surface area (Å²) in [6.07, 6.45) is -2.19. The van der Waals surface area contributed by atoms with Crippen molar-refractivity contribution in [2.75, 3.05) is 6.61 Å². The van der Waals surface area contributed by atoms with Crippen LogP contribution in [0.3, 0.4) is 0 Å². The Balaban J connectivity index is 2.56. The van der Waals surface area contributed by atoms with Gasteiger partial charge in [0.25, 0.3) is 5.92 Å². The number of rotatable bonds is 3. The van der Waals surface area contributed by atoms with E-state index in [-0.39, 0.29) is 13.0 Å². The number of hydrogen-bond acceptors (Lipinski definition) is 2. The smallest absolute Gasteiger partial charge is 0.404 e. The lowest BCUT2D eigenvalue weighted by Crippen LogP contribution is -2.48. The van der Waals surface area contributed by atoms with Gasteiger partial charge in [0.05, 0.1) is 18.8 Å². The van der Waals surface area contributed by atoms with Crippen LogP contribution in [0.4, 0.5) is 13.6 Å². The van der Waals surface area contributed by atoms with E-state index in [2.05, 4.69) is 5.32 Å². The van der Waals surface area contributed by atoms with E-state index in [9.17, 15) is 13.6 Å². The average Bonchev–Trinajstić information content (AvgIpc) is 2.12. The van der Waals surface area contributed by atoms with Crippen molar-refractivity contribution in [3.63, 3.8) is 0 Å². The Morgan fingerprint density at radius 2 is 2.40 bits per heavy atom. The summed E-state index contributed by atoms with van der Waals surface area (Å²) in [6.45, 7) is 1.71. The molecule has 15 heavy (non-hydrogen) atoms. The Morgan fingerprint density at radius 3 is 2.87 bits per heavy atom. The summed E-state index contributed by atoms with van der Waals surface area (Å²) >= 11 is 0. The van der Waals surface area contributed by atoms with E-state index < -0.39 is 30.6 Å². The van der Waals surface area contributed by atoms with E-state index >= 15 is 0 Å². The molecule has 1 saturated heterocycles. The van der Waals surface area contributed by atoms with Crippen LogP contribution in [0.1, 0.15) is 26.2 Å². The molecule has 1 heterocycles. The van der Waals surface area contributed by atoms with Crippen molar-refractivity contribution >= 4 is 6.09 Å². The summed E-state index contributed by atoms with van der Waals surface area (Å²) in [7, 11) is 0. The predicted octanol–water partition coefficient (Wildman–Crippen LogP) is 1.85. The van der Waals surface area contributed by atoms with Gasteiger partial charge in [0.2, 0.25) is 0 Å². The Morgan fingerprint density at radius 1 is 1.73 bits per heavy atom. The largest absolute Gasteiger partial charge is 0.465 e. The van der Waals surface area contributed by atoms with Crippen LogP contribution >= 0.6 is 0 Å². The Hall–Kier alpha value is -0.910. The van der Waals surface area contributed by atoms with Crippen LogP contribution in [0.25, 0.3) is 0 Å². The van der Waals surface area contributed by atoms with Crippen molar-refractivity contribution in [3.8, 4) is 0 Å². The van der Waals surface area contributed by atoms with Crippen molar-refractivity contribution < 1.29 is 23.4 Å². The molecule has 1 aliphatic rings. The third-order valence-electron chi connectivity index (χ3n) is 2.50. The summed E-state index contributed by atoms with van der Waals surface area (Å²) in [6, 6.07) is -0.561. The minimum atomic E-state index is -2.74. The van der Waals surface area contributed by atoms with Crippen LogP contribution < -0.4 is 5.32 Å². The highest BCUT2D eigenvalue weighted by Crippen LogP contribution is 2.31. The lowest BCUT2D eigenvalue weighted by Gasteiger charge is -2.33. The predicted molar refractivity (Wildman–Crippen MR) is 49.2 cm³/mol. The van der Waals surface area contributed by atoms with Crippen molar-refractivity contribution in [1.29, 1.82) is 0 Å². The summed E-state index contributed by atoms with van der Waals surface area (Å²) in [5.41, 5.74) is 0. The molecule has 6 heteroatoms. The molecule has 2 unspecified atom stereocenters. The maximum absolute atomic E-state index is 13.0. The van der Waals surface area contributed by atoms with Gasteiger partial charge >= 0.3 is 6.09 Å². The second-order valence-corrected chi connectivity index (χ2v) is 3.68. The zero-order valence-electron chi connectivity index (χ0n) is 8.50. The Bertz CT molecular complexity index is 235. The lowest BCUT2D eigenvalue weighted by atomic mass is 9.97. The minimum absolute atomic E-state index is 0.0184. The van der Waals surface area contributed by atoms with E-state index in [1.54, 1.807) is 6.92 Å². The van der Waals surface area contributed by atoms with E-state index in [1.165, 1.54) is 0 Å². The molecule has 0 aromatic heterocycles. The third kappa shape index (κ3) is 3.62. The van der Waals surface area contributed by atoms with E-state index in [4.69, 9.17) is 9.84 Å². The van der Waals surface area contributed by atoms with Gasteiger partial charge in [0.15, 0.2) is 0 Å². The highest BCUT2D eigenvalue weighted by Gasteiger charge is 2.40. The fraction of sp³-hybridized carbons (Fsp3) is 0.889. The Kier molecular flexibility index (Phi) is 3.84. The number of ether oxygens (including phenoxy) is 1. The third-order valence-corrected chi connectivity index (χ3v) is 2.50. The van der Waals surface area contributed by atoms with Gasteiger partial charge in [-0.3, -0.25) is 0 Å². The molecule has 1 fully saturated rings. The Labute approximate surface area is 86.6 Å². The molecule has 0 aliphatic carbocycles. The van der Waals surface area contributed by atoms with E-state index in [0.717, 1.165) is 0 Å². The van der Waals surface area contributed by atoms with Gasteiger partial charge in [-0.05, 0) is 6.42 Å². The quantitative estimate of drug-likeness (QED) is 0.767. The van der Waals surface area contributed by atoms with Gasteiger partial charge in [-0.15, -0.1) is 0 Å². The lowest BCUT2D eigenvalue weighted by molar-refractivity contribution is -0.135. The molecule has 0 aromatic carbocycles. The average molecular weight is 223 g/mol. The number of hydrogen-bond donors (Lipinski definition) is 2. The first-order chi connectivity index (χ1) is 6.94. The molecule has 1 amide bonds. The monoisotopic (exact) mass is 223 g/mol. The van der Waals surface area contributed by atoms with Gasteiger partial charge in [0.1, 0.15) is 0 Å². The van der Waals surface area contributed by atoms with Crippen LogP contribution in [0.2, 0.25) is 0 Å². The van der Waals surface area contributed by atoms with Crippen molar-refractivity contribution in [1.82, 2.24) is 5.32 Å². The second-order valence-electron chi connectivity index (χ2n) is 3.68. The van der Waals surface area contributed by atoms with Gasteiger partial charge in [-0.1, -0.05) is 6.92 Å². The number of alkyl halides is 2. The summed E-state index contributed by atoms with van der Waals surface area (Å²) in [4.78, 5) is 10.4. The molecule has 4 nitrogen and oxygen atoms in total. The first kappa shape index (κ1) is 12.2. The molecular weight excluding hydrogens is 208 g/mol. The zero-order chi connectivity index (χ0) is 11.5. The molecule has 1 rings (SSSR count). The van der Waals surface area contributed by atoms with Gasteiger partial charge in [0, 0.05) is 12.8 Å². The van der Waals surface area contributed by atoms with Crippen molar-refractivity contribution in [2.45, 2.75) is 44.3 Å². The first-order valence-corrected chi connectivity index (χ1v) is 4.93. The topological polar surface area (TPSA) is 58.6 Å². The summed E-state index contributed by atoms with van der Waals surface area (Å²) in [5, 5.41) is 10.7. The van der Waals surface area contributed by atoms with Crippen molar-refractivity contribution in [3.05, 3.63) is 0 Å². The molecule has 0 saturated carbocycles. The van der Waals surface area contributed by atoms with Crippen LogP contribution in [-0.4, -0.2) is 35.9 Å². The highest BCUT2D eigenvalue weighted by atomic mass is 19.3. The number of halogens is 2.